The molecule has 1 aromatic rings. The molecule has 1 rings (SSSR count). The van der Waals surface area contributed by atoms with E-state index in [9.17, 15) is 8.42 Å². The fourth-order valence-electron chi connectivity index (χ4n) is 1.11. The van der Waals surface area contributed by atoms with Gasteiger partial charge >= 0.3 is 0 Å². The van der Waals surface area contributed by atoms with Crippen molar-refractivity contribution in [1.29, 1.82) is 0 Å². The van der Waals surface area contributed by atoms with Crippen LogP contribution in [-0.2, 0) is 10.0 Å². The second-order valence-electron chi connectivity index (χ2n) is 3.91. The molecule has 0 atom stereocenters. The van der Waals surface area contributed by atoms with Crippen LogP contribution < -0.4 is 9.46 Å². The number of aromatic nitrogens is 1. The van der Waals surface area contributed by atoms with Crippen LogP contribution in [0.25, 0.3) is 0 Å². The Morgan fingerprint density at radius 1 is 1.53 bits per heavy atom. The number of ether oxygens (including phenoxy) is 1. The van der Waals surface area contributed by atoms with Crippen molar-refractivity contribution in [2.75, 3.05) is 13.7 Å². The summed E-state index contributed by atoms with van der Waals surface area (Å²) in [6.07, 6.45) is 1.49. The molecule has 0 aliphatic carbocycles. The van der Waals surface area contributed by atoms with Gasteiger partial charge in [-0.15, -0.1) is 0 Å². The van der Waals surface area contributed by atoms with Crippen molar-refractivity contribution in [3.8, 4) is 5.88 Å². The molecule has 0 fully saturated rings. The first kappa shape index (κ1) is 14.4. The molecule has 0 saturated carbocycles. The molecule has 0 radical (unpaired) electrons. The van der Waals surface area contributed by atoms with Gasteiger partial charge in [-0.1, -0.05) is 13.8 Å². The standard InChI is InChI=1S/C10H15BrN2O3S/c1-7(2)5-13-17(14,15)9-4-8(11)6-12-10(9)16-3/h4,6-7,13H,5H2,1-3H3. The molecule has 17 heavy (non-hydrogen) atoms. The van der Waals surface area contributed by atoms with E-state index in [1.165, 1.54) is 19.4 Å². The quantitative estimate of drug-likeness (QED) is 0.897. The Hall–Kier alpha value is -0.660. The normalized spacial score (nSPS) is 11.8. The number of methoxy groups -OCH3 is 1. The van der Waals surface area contributed by atoms with Gasteiger partial charge in [-0.05, 0) is 27.9 Å². The molecule has 0 spiro atoms. The summed E-state index contributed by atoms with van der Waals surface area (Å²) in [5.74, 6) is 0.320. The number of halogens is 1. The minimum Gasteiger partial charge on any atom is -0.480 e. The third kappa shape index (κ3) is 3.93. The van der Waals surface area contributed by atoms with Crippen molar-refractivity contribution in [2.45, 2.75) is 18.7 Å². The Kier molecular flexibility index (Phi) is 4.91. The Balaban J connectivity index is 3.09. The van der Waals surface area contributed by atoms with Crippen molar-refractivity contribution < 1.29 is 13.2 Å². The van der Waals surface area contributed by atoms with Gasteiger partial charge in [-0.25, -0.2) is 18.1 Å². The van der Waals surface area contributed by atoms with Crippen LogP contribution in [0.4, 0.5) is 0 Å². The molecule has 1 aromatic heterocycles. The van der Waals surface area contributed by atoms with Crippen LogP contribution in [0.3, 0.4) is 0 Å². The number of hydrogen-bond acceptors (Lipinski definition) is 4. The van der Waals surface area contributed by atoms with Crippen LogP contribution in [0.15, 0.2) is 21.6 Å². The van der Waals surface area contributed by atoms with E-state index in [0.29, 0.717) is 11.0 Å². The molecular formula is C10H15BrN2O3S. The molecule has 7 heteroatoms. The molecule has 0 aliphatic heterocycles. The van der Waals surface area contributed by atoms with Crippen molar-refractivity contribution >= 4 is 26.0 Å². The lowest BCUT2D eigenvalue weighted by Gasteiger charge is -2.11. The summed E-state index contributed by atoms with van der Waals surface area (Å²) < 4.78 is 32.1. The zero-order valence-corrected chi connectivity index (χ0v) is 12.3. The summed E-state index contributed by atoms with van der Waals surface area (Å²) in [6.45, 7) is 4.23. The van der Waals surface area contributed by atoms with Crippen LogP contribution in [0.5, 0.6) is 5.88 Å². The molecule has 0 saturated heterocycles. The molecule has 0 aliphatic rings. The third-order valence-corrected chi connectivity index (χ3v) is 3.80. The van der Waals surface area contributed by atoms with Gasteiger partial charge in [0.1, 0.15) is 4.90 Å². The summed E-state index contributed by atoms with van der Waals surface area (Å²) in [4.78, 5) is 3.94. The monoisotopic (exact) mass is 322 g/mol. The molecule has 1 N–H and O–H groups in total. The lowest BCUT2D eigenvalue weighted by Crippen LogP contribution is -2.28. The molecule has 0 bridgehead atoms. The average molecular weight is 323 g/mol. The van der Waals surface area contributed by atoms with E-state index in [2.05, 4.69) is 25.6 Å². The first-order chi connectivity index (χ1) is 7.86. The maximum absolute atomic E-state index is 12.0. The van der Waals surface area contributed by atoms with E-state index in [4.69, 9.17) is 4.74 Å². The fraction of sp³-hybridized carbons (Fsp3) is 0.500. The molecular weight excluding hydrogens is 308 g/mol. The van der Waals surface area contributed by atoms with Crippen LogP contribution in [0, 0.1) is 5.92 Å². The van der Waals surface area contributed by atoms with Gasteiger partial charge in [-0.3, -0.25) is 0 Å². The predicted octanol–water partition coefficient (Wildman–Crippen LogP) is 1.79. The Bertz CT molecular complexity index is 488. The third-order valence-electron chi connectivity index (χ3n) is 1.95. The lowest BCUT2D eigenvalue weighted by molar-refractivity contribution is 0.384. The van der Waals surface area contributed by atoms with Gasteiger partial charge in [0.2, 0.25) is 15.9 Å². The smallest absolute Gasteiger partial charge is 0.245 e. The van der Waals surface area contributed by atoms with Gasteiger partial charge in [0, 0.05) is 17.2 Å². The molecule has 5 nitrogen and oxygen atoms in total. The zero-order valence-electron chi connectivity index (χ0n) is 9.90. The van der Waals surface area contributed by atoms with Crippen molar-refractivity contribution in [3.05, 3.63) is 16.7 Å². The Morgan fingerprint density at radius 2 is 2.18 bits per heavy atom. The summed E-state index contributed by atoms with van der Waals surface area (Å²) in [6, 6.07) is 1.47. The summed E-state index contributed by atoms with van der Waals surface area (Å²) >= 11 is 3.19. The maximum atomic E-state index is 12.0. The SMILES string of the molecule is COc1ncc(Br)cc1S(=O)(=O)NCC(C)C. The second kappa shape index (κ2) is 5.79. The summed E-state index contributed by atoms with van der Waals surface area (Å²) in [7, 11) is -2.20. The molecule has 96 valence electrons. The highest BCUT2D eigenvalue weighted by atomic mass is 79.9. The van der Waals surface area contributed by atoms with E-state index in [1.54, 1.807) is 0 Å². The summed E-state index contributed by atoms with van der Waals surface area (Å²) in [5.41, 5.74) is 0. The largest absolute Gasteiger partial charge is 0.480 e. The number of rotatable bonds is 5. The number of pyridine rings is 1. The fourth-order valence-corrected chi connectivity index (χ4v) is 2.95. The first-order valence-electron chi connectivity index (χ1n) is 5.06. The van der Waals surface area contributed by atoms with Gasteiger partial charge in [0.25, 0.3) is 0 Å². The molecule has 0 unspecified atom stereocenters. The van der Waals surface area contributed by atoms with E-state index in [-0.39, 0.29) is 16.7 Å². The highest BCUT2D eigenvalue weighted by Gasteiger charge is 2.21. The van der Waals surface area contributed by atoms with E-state index in [0.717, 1.165) is 0 Å². The van der Waals surface area contributed by atoms with Crippen molar-refractivity contribution in [2.24, 2.45) is 5.92 Å². The number of nitrogens with zero attached hydrogens (tertiary/aromatic N) is 1. The summed E-state index contributed by atoms with van der Waals surface area (Å²) in [5, 5.41) is 0. The van der Waals surface area contributed by atoms with Crippen LogP contribution in [-0.4, -0.2) is 27.1 Å². The Labute approximate surface area is 110 Å². The number of nitrogens with one attached hydrogen (secondary N) is 1. The highest BCUT2D eigenvalue weighted by Crippen LogP contribution is 2.24. The molecule has 1 heterocycles. The van der Waals surface area contributed by atoms with Crippen molar-refractivity contribution in [1.82, 2.24) is 9.71 Å². The van der Waals surface area contributed by atoms with E-state index in [1.807, 2.05) is 13.8 Å². The Morgan fingerprint density at radius 3 is 2.71 bits per heavy atom. The zero-order chi connectivity index (χ0) is 13.1. The maximum Gasteiger partial charge on any atom is 0.245 e. The van der Waals surface area contributed by atoms with Crippen LogP contribution >= 0.6 is 15.9 Å². The average Bonchev–Trinajstić information content (AvgIpc) is 2.26. The van der Waals surface area contributed by atoms with Crippen molar-refractivity contribution in [3.63, 3.8) is 0 Å². The molecule has 0 aromatic carbocycles. The minimum atomic E-state index is -3.59. The highest BCUT2D eigenvalue weighted by molar-refractivity contribution is 9.10. The first-order valence-corrected chi connectivity index (χ1v) is 7.33. The minimum absolute atomic E-state index is 0.0371. The molecule has 0 amide bonds. The topological polar surface area (TPSA) is 68.3 Å². The van der Waals surface area contributed by atoms with Crippen LogP contribution in [0.1, 0.15) is 13.8 Å². The lowest BCUT2D eigenvalue weighted by atomic mass is 10.2. The van der Waals surface area contributed by atoms with Gasteiger partial charge < -0.3 is 4.74 Å². The van der Waals surface area contributed by atoms with Gasteiger partial charge in [0.15, 0.2) is 0 Å². The van der Waals surface area contributed by atoms with Crippen LogP contribution in [0.2, 0.25) is 0 Å². The number of hydrogen-bond donors (Lipinski definition) is 1. The van der Waals surface area contributed by atoms with E-state index >= 15 is 0 Å². The van der Waals surface area contributed by atoms with Gasteiger partial charge in [0.05, 0.1) is 7.11 Å². The second-order valence-corrected chi connectivity index (χ2v) is 6.56. The van der Waals surface area contributed by atoms with Gasteiger partial charge in [-0.2, -0.15) is 0 Å². The predicted molar refractivity (Wildman–Crippen MR) is 68.5 cm³/mol. The van der Waals surface area contributed by atoms with E-state index < -0.39 is 10.0 Å². The number of sulfonamides is 1.